The van der Waals surface area contributed by atoms with E-state index in [1.807, 2.05) is 30.3 Å². The Morgan fingerprint density at radius 2 is 1.58 bits per heavy atom. The highest BCUT2D eigenvalue weighted by Gasteiger charge is 2.41. The number of nitrogens with zero attached hydrogens (tertiary/aromatic N) is 4. The van der Waals surface area contributed by atoms with Crippen LogP contribution in [0.3, 0.4) is 0 Å². The Morgan fingerprint density at radius 3 is 2.18 bits per heavy atom. The van der Waals surface area contributed by atoms with E-state index in [1.54, 1.807) is 6.07 Å². The molecule has 0 aliphatic carbocycles. The summed E-state index contributed by atoms with van der Waals surface area (Å²) in [5.41, 5.74) is 8.85. The van der Waals surface area contributed by atoms with Gasteiger partial charge in [0.1, 0.15) is 28.5 Å². The van der Waals surface area contributed by atoms with Gasteiger partial charge in [-0.25, -0.2) is 14.7 Å². The lowest BCUT2D eigenvalue weighted by Crippen LogP contribution is -2.31. The van der Waals surface area contributed by atoms with Crippen LogP contribution in [0.25, 0.3) is 11.1 Å². The second kappa shape index (κ2) is 14.9. The largest absolute Gasteiger partial charge is 0.493 e. The second-order valence-electron chi connectivity index (χ2n) is 11.4. The number of nitrogen functional groups attached to an aromatic ring is 1. The number of aromatic nitrogens is 1. The van der Waals surface area contributed by atoms with Gasteiger partial charge in [0.25, 0.3) is 0 Å². The molecular weight excluding hydrogens is 659 g/mol. The fraction of sp³-hybridized carbons (Fsp3) is 0.216. The van der Waals surface area contributed by atoms with Crippen molar-refractivity contribution in [3.63, 3.8) is 0 Å². The quantitative estimate of drug-likeness (QED) is 0.116. The number of benzene rings is 3. The van der Waals surface area contributed by atoms with E-state index in [4.69, 9.17) is 19.9 Å². The molecule has 0 radical (unpaired) electrons. The van der Waals surface area contributed by atoms with Crippen molar-refractivity contribution in [2.24, 2.45) is 0 Å². The zero-order valence-corrected chi connectivity index (χ0v) is 28.4. The van der Waals surface area contributed by atoms with Crippen molar-refractivity contribution < 1.29 is 33.4 Å². The Balaban J connectivity index is 1.30. The summed E-state index contributed by atoms with van der Waals surface area (Å²) >= 11 is 0.927. The molecule has 4 aromatic rings. The van der Waals surface area contributed by atoms with Crippen LogP contribution in [-0.4, -0.2) is 54.6 Å². The summed E-state index contributed by atoms with van der Waals surface area (Å²) < 4.78 is 15.6. The van der Waals surface area contributed by atoms with Crippen LogP contribution < -0.4 is 20.1 Å². The Bertz CT molecular complexity index is 2080. The maximum Gasteiger partial charge on any atom is 0.338 e. The summed E-state index contributed by atoms with van der Waals surface area (Å²) in [6.45, 7) is 3.58. The molecule has 1 atom stereocenters. The van der Waals surface area contributed by atoms with Crippen LogP contribution in [0, 0.1) is 22.7 Å². The maximum atomic E-state index is 13.5. The molecule has 0 spiro atoms. The first-order valence-electron chi connectivity index (χ1n) is 15.3. The van der Waals surface area contributed by atoms with Crippen LogP contribution in [0.1, 0.15) is 63.6 Å². The van der Waals surface area contributed by atoms with Gasteiger partial charge in [-0.1, -0.05) is 49.9 Å². The number of anilines is 2. The minimum absolute atomic E-state index is 0.0441. The van der Waals surface area contributed by atoms with Crippen LogP contribution in [-0.2, 0) is 14.3 Å². The third-order valence-electron chi connectivity index (χ3n) is 8.04. The summed E-state index contributed by atoms with van der Waals surface area (Å²) in [6.07, 6.45) is -0.184. The van der Waals surface area contributed by atoms with Crippen molar-refractivity contribution in [3.8, 4) is 34.8 Å². The van der Waals surface area contributed by atoms with E-state index in [0.717, 1.165) is 22.2 Å². The first-order chi connectivity index (χ1) is 24.0. The molecule has 13 heteroatoms. The number of Topliss-reactive ketones (excluding diaryl/α,β-unsaturated/α-hetero) is 1. The molecule has 1 aliphatic heterocycles. The number of imide groups is 1. The number of carbonyl (C=O) groups excluding carboxylic acids is 4. The Labute approximate surface area is 292 Å². The van der Waals surface area contributed by atoms with E-state index in [9.17, 15) is 29.7 Å². The van der Waals surface area contributed by atoms with E-state index in [1.165, 1.54) is 50.6 Å². The molecular formula is C37H31N5O7S. The van der Waals surface area contributed by atoms with Crippen molar-refractivity contribution in [2.75, 3.05) is 31.5 Å². The van der Waals surface area contributed by atoms with E-state index >= 15 is 0 Å². The summed E-state index contributed by atoms with van der Waals surface area (Å²) in [6, 6.07) is 21.8. The standard InChI is InChI=1S/C37H31N5O7S/c1-20(2)21-5-7-22(8-6-21)33-26(17-38)34(40)41-35(27(33)18-39)50-31-16-32(44)42(36(31)45)25-12-9-23(10-13-25)37(46)49-19-28(43)24-11-14-29(47-3)30(15-24)48-4/h5-15,20,31H,16,19H2,1-4H3,(H2,40,41). The molecule has 5 rings (SSSR count). The van der Waals surface area contributed by atoms with E-state index < -0.39 is 35.4 Å². The van der Waals surface area contributed by atoms with Gasteiger partial charge in [0.15, 0.2) is 23.9 Å². The van der Waals surface area contributed by atoms with Gasteiger partial charge in [-0.05, 0) is 59.5 Å². The molecule has 3 aromatic carbocycles. The zero-order chi connectivity index (χ0) is 36.1. The number of amides is 2. The highest BCUT2D eigenvalue weighted by molar-refractivity contribution is 8.00. The van der Waals surface area contributed by atoms with E-state index in [-0.39, 0.29) is 51.1 Å². The number of ketones is 1. The van der Waals surface area contributed by atoms with Gasteiger partial charge in [0.05, 0.1) is 36.3 Å². The maximum absolute atomic E-state index is 13.5. The minimum atomic E-state index is -0.933. The number of hydrogen-bond donors (Lipinski definition) is 1. The smallest absolute Gasteiger partial charge is 0.338 e. The van der Waals surface area contributed by atoms with Gasteiger partial charge in [-0.3, -0.25) is 14.4 Å². The predicted octanol–water partition coefficient (Wildman–Crippen LogP) is 5.68. The molecule has 1 fully saturated rings. The van der Waals surface area contributed by atoms with Crippen LogP contribution in [0.4, 0.5) is 11.5 Å². The van der Waals surface area contributed by atoms with Crippen LogP contribution in [0.15, 0.2) is 71.8 Å². The number of hydrogen-bond acceptors (Lipinski definition) is 12. The highest BCUT2D eigenvalue weighted by Crippen LogP contribution is 2.40. The predicted molar refractivity (Wildman–Crippen MR) is 185 cm³/mol. The molecule has 12 nitrogen and oxygen atoms in total. The number of carbonyl (C=O) groups is 4. The van der Waals surface area contributed by atoms with Crippen molar-refractivity contribution in [2.45, 2.75) is 36.5 Å². The third-order valence-corrected chi connectivity index (χ3v) is 9.21. The lowest BCUT2D eigenvalue weighted by molar-refractivity contribution is -0.121. The third kappa shape index (κ3) is 6.99. The molecule has 2 heterocycles. The van der Waals surface area contributed by atoms with E-state index in [2.05, 4.69) is 24.9 Å². The summed E-state index contributed by atoms with van der Waals surface area (Å²) in [7, 11) is 2.91. The Morgan fingerprint density at radius 1 is 0.940 bits per heavy atom. The van der Waals surface area contributed by atoms with Gasteiger partial charge in [0.2, 0.25) is 11.8 Å². The molecule has 0 bridgehead atoms. The highest BCUT2D eigenvalue weighted by atomic mass is 32.2. The Hall–Kier alpha value is -6.18. The number of methoxy groups -OCH3 is 2. The number of ether oxygens (including phenoxy) is 3. The fourth-order valence-electron chi connectivity index (χ4n) is 5.36. The number of nitriles is 2. The topological polar surface area (TPSA) is 186 Å². The van der Waals surface area contributed by atoms with Crippen molar-refractivity contribution >= 4 is 46.8 Å². The van der Waals surface area contributed by atoms with Gasteiger partial charge < -0.3 is 19.9 Å². The number of rotatable bonds is 11. The van der Waals surface area contributed by atoms with Gasteiger partial charge in [-0.15, -0.1) is 0 Å². The Kier molecular flexibility index (Phi) is 10.5. The lowest BCUT2D eigenvalue weighted by atomic mass is 9.94. The zero-order valence-electron chi connectivity index (χ0n) is 27.6. The fourth-order valence-corrected chi connectivity index (χ4v) is 6.48. The van der Waals surface area contributed by atoms with Crippen LogP contribution >= 0.6 is 11.8 Å². The summed E-state index contributed by atoms with van der Waals surface area (Å²) in [5.74, 6) is -1.30. The number of thioether (sulfide) groups is 1. The first-order valence-corrected chi connectivity index (χ1v) is 16.2. The van der Waals surface area contributed by atoms with Gasteiger partial charge in [0, 0.05) is 17.5 Å². The SMILES string of the molecule is COc1ccc(C(=O)COC(=O)c2ccc(N3C(=O)CC(Sc4nc(N)c(C#N)c(-c5ccc(C(C)C)cc5)c4C#N)C3=O)cc2)cc1OC. The molecule has 0 saturated carbocycles. The monoisotopic (exact) mass is 689 g/mol. The number of nitrogens with two attached hydrogens (primary N) is 1. The van der Waals surface area contributed by atoms with Gasteiger partial charge in [-0.2, -0.15) is 10.5 Å². The number of esters is 1. The minimum Gasteiger partial charge on any atom is -0.493 e. The molecule has 1 saturated heterocycles. The van der Waals surface area contributed by atoms with Crippen molar-refractivity contribution in [1.29, 1.82) is 10.5 Å². The normalized spacial score (nSPS) is 13.9. The molecule has 2 N–H and O–H groups in total. The van der Waals surface area contributed by atoms with Crippen LogP contribution in [0.2, 0.25) is 0 Å². The van der Waals surface area contributed by atoms with Crippen molar-refractivity contribution in [3.05, 3.63) is 94.5 Å². The number of pyridine rings is 1. The average Bonchev–Trinajstić information content (AvgIpc) is 3.41. The van der Waals surface area contributed by atoms with E-state index in [0.29, 0.717) is 22.6 Å². The molecule has 50 heavy (non-hydrogen) atoms. The molecule has 2 amide bonds. The molecule has 252 valence electrons. The summed E-state index contributed by atoms with van der Waals surface area (Å²) in [5, 5.41) is 19.3. The second-order valence-corrected chi connectivity index (χ2v) is 12.6. The summed E-state index contributed by atoms with van der Waals surface area (Å²) in [4.78, 5) is 57.2. The van der Waals surface area contributed by atoms with Gasteiger partial charge >= 0.3 is 5.97 Å². The van der Waals surface area contributed by atoms with Crippen molar-refractivity contribution in [1.82, 2.24) is 4.98 Å². The first kappa shape index (κ1) is 35.1. The van der Waals surface area contributed by atoms with Crippen LogP contribution in [0.5, 0.6) is 11.5 Å². The molecule has 1 unspecified atom stereocenters. The molecule has 1 aliphatic rings. The lowest BCUT2D eigenvalue weighted by Gasteiger charge is -2.17. The molecule has 1 aromatic heterocycles. The average molecular weight is 690 g/mol.